The first-order valence-corrected chi connectivity index (χ1v) is 11.4. The molecule has 0 aliphatic rings. The minimum atomic E-state index is -0.485. The number of aromatic nitrogens is 4. The fraction of sp³-hybridized carbons (Fsp3) is 0.308. The molecule has 0 atom stereocenters. The minimum absolute atomic E-state index is 0.0456. The quantitative estimate of drug-likeness (QED) is 0.411. The number of nitrogens with zero attached hydrogens (tertiary/aromatic N) is 4. The molecule has 1 amide bonds. The van der Waals surface area contributed by atoms with Crippen molar-refractivity contribution < 1.29 is 9.53 Å². The van der Waals surface area contributed by atoms with Crippen LogP contribution in [0.1, 0.15) is 37.6 Å². The highest BCUT2D eigenvalue weighted by Crippen LogP contribution is 2.33. The molecule has 0 radical (unpaired) electrons. The predicted molar refractivity (Wildman–Crippen MR) is 134 cm³/mol. The van der Waals surface area contributed by atoms with Crippen LogP contribution in [0.4, 0.5) is 0 Å². The maximum Gasteiger partial charge on any atom is 0.225 e. The summed E-state index contributed by atoms with van der Waals surface area (Å²) < 4.78 is 8.09. The molecule has 0 aliphatic carbocycles. The Labute approximate surface area is 204 Å². The summed E-state index contributed by atoms with van der Waals surface area (Å²) in [5.74, 6) is 0.609. The molecule has 0 saturated carbocycles. The molecule has 0 fully saturated rings. The second-order valence-corrected chi connectivity index (χ2v) is 9.69. The molecule has 7 nitrogen and oxygen atoms in total. The Morgan fingerprint density at radius 2 is 2.00 bits per heavy atom. The van der Waals surface area contributed by atoms with Crippen molar-refractivity contribution in [3.63, 3.8) is 0 Å². The van der Waals surface area contributed by atoms with Gasteiger partial charge in [0.1, 0.15) is 17.9 Å². The van der Waals surface area contributed by atoms with E-state index in [4.69, 9.17) is 21.3 Å². The van der Waals surface area contributed by atoms with Crippen LogP contribution >= 0.6 is 11.6 Å². The topological polar surface area (TPSA) is 81.9 Å². The first-order chi connectivity index (χ1) is 16.1. The number of fused-ring (bicyclic) bond motifs is 1. The van der Waals surface area contributed by atoms with Gasteiger partial charge < -0.3 is 10.1 Å². The molecule has 8 heteroatoms. The lowest BCUT2D eigenvalue weighted by Crippen LogP contribution is -2.34. The average Bonchev–Trinajstić information content (AvgIpc) is 3.21. The van der Waals surface area contributed by atoms with Crippen LogP contribution in [-0.2, 0) is 25.0 Å². The molecular formula is C26H28ClN5O2. The highest BCUT2D eigenvalue weighted by molar-refractivity contribution is 6.31. The fourth-order valence-corrected chi connectivity index (χ4v) is 3.96. The van der Waals surface area contributed by atoms with Gasteiger partial charge in [-0.05, 0) is 30.7 Å². The normalized spacial score (nSPS) is 11.6. The van der Waals surface area contributed by atoms with E-state index in [1.165, 1.54) is 0 Å². The molecule has 0 unspecified atom stereocenters. The molecule has 0 aliphatic heterocycles. The number of amides is 1. The summed E-state index contributed by atoms with van der Waals surface area (Å²) in [6.07, 6.45) is 5.07. The second kappa shape index (κ2) is 9.43. The lowest BCUT2D eigenvalue weighted by Gasteiger charge is -2.19. The van der Waals surface area contributed by atoms with Crippen LogP contribution in [-0.4, -0.2) is 25.7 Å². The Bertz CT molecular complexity index is 1360. The van der Waals surface area contributed by atoms with Gasteiger partial charge in [0.2, 0.25) is 5.91 Å². The molecule has 0 spiro atoms. The van der Waals surface area contributed by atoms with Gasteiger partial charge in [0.25, 0.3) is 0 Å². The van der Waals surface area contributed by atoms with E-state index in [0.29, 0.717) is 17.3 Å². The number of hydrogen-bond donors (Lipinski definition) is 1. The number of nitrogens with one attached hydrogen (secondary N) is 1. The summed E-state index contributed by atoms with van der Waals surface area (Å²) >= 11 is 6.47. The Balaban J connectivity index is 1.65. The molecule has 3 aromatic heterocycles. The fourth-order valence-electron chi connectivity index (χ4n) is 3.72. The lowest BCUT2D eigenvalue weighted by atomic mass is 9.95. The van der Waals surface area contributed by atoms with Gasteiger partial charge in [0, 0.05) is 59.8 Å². The van der Waals surface area contributed by atoms with Gasteiger partial charge in [-0.2, -0.15) is 5.10 Å². The molecule has 0 saturated heterocycles. The van der Waals surface area contributed by atoms with E-state index in [9.17, 15) is 4.79 Å². The number of hydrogen-bond acceptors (Lipinski definition) is 5. The molecule has 1 N–H and O–H groups in total. The van der Waals surface area contributed by atoms with Crippen molar-refractivity contribution in [1.82, 2.24) is 25.1 Å². The number of pyridine rings is 2. The molecule has 4 aromatic rings. The van der Waals surface area contributed by atoms with Crippen molar-refractivity contribution in [2.24, 2.45) is 12.5 Å². The average molecular weight is 478 g/mol. The standard InChI is InChI=1S/C26H28ClN5O2/c1-16-11-19(22-9-10-30-32(22)5)18-7-6-8-23(24(18)31-16)34-15-20-17(12-28-14-21(20)27)13-29-25(33)26(2,3)4/h6-12,14H,13,15H2,1-5H3,(H,29,33). The third-order valence-electron chi connectivity index (χ3n) is 5.61. The van der Waals surface area contributed by atoms with Gasteiger partial charge in [0.15, 0.2) is 0 Å². The molecule has 3 heterocycles. The largest absolute Gasteiger partial charge is 0.487 e. The Morgan fingerprint density at radius 3 is 2.71 bits per heavy atom. The Morgan fingerprint density at radius 1 is 1.21 bits per heavy atom. The molecule has 1 aromatic carbocycles. The molecular weight excluding hydrogens is 450 g/mol. The predicted octanol–water partition coefficient (Wildman–Crippen LogP) is 5.23. The zero-order chi connectivity index (χ0) is 24.5. The van der Waals surface area contributed by atoms with Crippen LogP contribution in [0.3, 0.4) is 0 Å². The van der Waals surface area contributed by atoms with Crippen molar-refractivity contribution >= 4 is 28.4 Å². The van der Waals surface area contributed by atoms with Gasteiger partial charge >= 0.3 is 0 Å². The summed E-state index contributed by atoms with van der Waals surface area (Å²) in [5.41, 5.74) is 4.80. The van der Waals surface area contributed by atoms with Crippen molar-refractivity contribution in [3.8, 4) is 17.0 Å². The maximum absolute atomic E-state index is 12.3. The van der Waals surface area contributed by atoms with E-state index >= 15 is 0 Å². The first-order valence-electron chi connectivity index (χ1n) is 11.1. The van der Waals surface area contributed by atoms with Crippen LogP contribution < -0.4 is 10.1 Å². The summed E-state index contributed by atoms with van der Waals surface area (Å²) in [6, 6.07) is 9.92. The molecule has 4 rings (SSSR count). The van der Waals surface area contributed by atoms with Gasteiger partial charge in [-0.15, -0.1) is 0 Å². The number of halogens is 1. The lowest BCUT2D eigenvalue weighted by molar-refractivity contribution is -0.128. The van der Waals surface area contributed by atoms with Gasteiger partial charge in [-0.1, -0.05) is 44.5 Å². The zero-order valence-electron chi connectivity index (χ0n) is 20.0. The number of rotatable bonds is 6. The van der Waals surface area contributed by atoms with E-state index in [1.54, 1.807) is 18.6 Å². The van der Waals surface area contributed by atoms with E-state index in [0.717, 1.165) is 39.0 Å². The third kappa shape index (κ3) is 4.89. The third-order valence-corrected chi connectivity index (χ3v) is 5.94. The smallest absolute Gasteiger partial charge is 0.225 e. The van der Waals surface area contributed by atoms with Crippen molar-refractivity contribution in [2.45, 2.75) is 40.8 Å². The van der Waals surface area contributed by atoms with Crippen LogP contribution in [0.2, 0.25) is 5.02 Å². The minimum Gasteiger partial charge on any atom is -0.487 e. The molecule has 34 heavy (non-hydrogen) atoms. The Hall–Kier alpha value is -3.45. The second-order valence-electron chi connectivity index (χ2n) is 9.28. The number of carbonyl (C=O) groups is 1. The first kappa shape index (κ1) is 23.7. The van der Waals surface area contributed by atoms with Gasteiger partial charge in [-0.25, -0.2) is 4.98 Å². The number of para-hydroxylation sites is 1. The summed E-state index contributed by atoms with van der Waals surface area (Å²) in [5, 5.41) is 8.73. The van der Waals surface area contributed by atoms with Crippen LogP contribution in [0.15, 0.2) is 48.9 Å². The van der Waals surface area contributed by atoms with Crippen LogP contribution in [0, 0.1) is 12.3 Å². The van der Waals surface area contributed by atoms with Gasteiger partial charge in [0.05, 0.1) is 10.7 Å². The zero-order valence-corrected chi connectivity index (χ0v) is 20.8. The molecule has 176 valence electrons. The Kier molecular flexibility index (Phi) is 6.57. The number of aryl methyl sites for hydroxylation is 2. The number of benzene rings is 1. The maximum atomic E-state index is 12.3. The number of carbonyl (C=O) groups excluding carboxylic acids is 1. The number of ether oxygens (including phenoxy) is 1. The van der Waals surface area contributed by atoms with Gasteiger partial charge in [-0.3, -0.25) is 14.5 Å². The van der Waals surface area contributed by atoms with Crippen molar-refractivity contribution in [2.75, 3.05) is 0 Å². The van der Waals surface area contributed by atoms with Crippen molar-refractivity contribution in [3.05, 3.63) is 70.8 Å². The highest BCUT2D eigenvalue weighted by Gasteiger charge is 2.21. The van der Waals surface area contributed by atoms with E-state index in [1.807, 2.05) is 63.7 Å². The van der Waals surface area contributed by atoms with Crippen molar-refractivity contribution in [1.29, 1.82) is 0 Å². The highest BCUT2D eigenvalue weighted by atomic mass is 35.5. The van der Waals surface area contributed by atoms with E-state index in [2.05, 4.69) is 21.5 Å². The summed E-state index contributed by atoms with van der Waals surface area (Å²) in [7, 11) is 1.92. The van der Waals surface area contributed by atoms with Crippen LogP contribution in [0.25, 0.3) is 22.2 Å². The van der Waals surface area contributed by atoms with E-state index in [-0.39, 0.29) is 12.5 Å². The summed E-state index contributed by atoms with van der Waals surface area (Å²) in [6.45, 7) is 8.12. The SMILES string of the molecule is Cc1cc(-c2ccnn2C)c2cccc(OCc3c(Cl)cncc3CNC(=O)C(C)(C)C)c2n1. The molecule has 0 bridgehead atoms. The summed E-state index contributed by atoms with van der Waals surface area (Å²) in [4.78, 5) is 21.3. The van der Waals surface area contributed by atoms with Crippen LogP contribution in [0.5, 0.6) is 5.75 Å². The van der Waals surface area contributed by atoms with E-state index < -0.39 is 5.41 Å². The monoisotopic (exact) mass is 477 g/mol.